The second-order valence-corrected chi connectivity index (χ2v) is 5.93. The second-order valence-electron chi connectivity index (χ2n) is 5.07. The molecule has 0 unspecified atom stereocenters. The number of aromatic nitrogens is 1. The highest BCUT2D eigenvalue weighted by atomic mass is 35.5. The number of carbonyl (C=O) groups excluding carboxylic acids is 1. The van der Waals surface area contributed by atoms with Crippen LogP contribution in [0.1, 0.15) is 11.3 Å². The molecule has 0 aliphatic carbocycles. The maximum Gasteiger partial charge on any atom is 0.245 e. The highest BCUT2D eigenvalue weighted by Gasteiger charge is 2.17. The number of hydrogen-bond acceptors (Lipinski definition) is 5. The molecule has 118 valence electrons. The molecule has 5 nitrogen and oxygen atoms in total. The fourth-order valence-corrected chi connectivity index (χ4v) is 3.14. The van der Waals surface area contributed by atoms with Crippen molar-refractivity contribution < 1.29 is 4.79 Å². The van der Waals surface area contributed by atoms with Gasteiger partial charge in [-0.25, -0.2) is 4.98 Å². The van der Waals surface area contributed by atoms with Gasteiger partial charge in [0.15, 0.2) is 5.13 Å². The van der Waals surface area contributed by atoms with E-state index in [2.05, 4.69) is 32.7 Å². The van der Waals surface area contributed by atoms with Gasteiger partial charge in [0.1, 0.15) is 0 Å². The van der Waals surface area contributed by atoms with Gasteiger partial charge in [-0.3, -0.25) is 4.79 Å². The van der Waals surface area contributed by atoms with Gasteiger partial charge in [0.25, 0.3) is 0 Å². The Morgan fingerprint density at radius 1 is 1.45 bits per heavy atom. The minimum atomic E-state index is -0.0268. The van der Waals surface area contributed by atoms with E-state index in [9.17, 15) is 4.79 Å². The van der Waals surface area contributed by atoms with Crippen molar-refractivity contribution in [2.75, 3.05) is 29.9 Å². The molecule has 0 radical (unpaired) electrons. The normalized spacial score (nSPS) is 13.8. The first kappa shape index (κ1) is 16.7. The molecule has 22 heavy (non-hydrogen) atoms. The minimum absolute atomic E-state index is 0. The number of hydrogen-bond donors (Lipinski definition) is 2. The minimum Gasteiger partial charge on any atom is -0.361 e. The Morgan fingerprint density at radius 3 is 3.05 bits per heavy atom. The largest absolute Gasteiger partial charge is 0.361 e. The van der Waals surface area contributed by atoms with Crippen molar-refractivity contribution in [3.8, 4) is 0 Å². The predicted molar refractivity (Wildman–Crippen MR) is 93.1 cm³/mol. The molecule has 2 aromatic rings. The van der Waals surface area contributed by atoms with Gasteiger partial charge < -0.3 is 15.5 Å². The lowest BCUT2D eigenvalue weighted by Crippen LogP contribution is -2.36. The van der Waals surface area contributed by atoms with E-state index in [1.165, 1.54) is 16.9 Å². The summed E-state index contributed by atoms with van der Waals surface area (Å²) >= 11 is 1.46. The van der Waals surface area contributed by atoms with Crippen LogP contribution in [0, 0.1) is 6.92 Å². The summed E-state index contributed by atoms with van der Waals surface area (Å²) in [7, 11) is 0. The lowest BCUT2D eigenvalue weighted by atomic mass is 10.1. The molecule has 0 atom stereocenters. The quantitative estimate of drug-likeness (QED) is 0.902. The Hall–Kier alpha value is -1.63. The fourth-order valence-electron chi connectivity index (χ4n) is 2.43. The van der Waals surface area contributed by atoms with Crippen LogP contribution < -0.4 is 15.5 Å². The summed E-state index contributed by atoms with van der Waals surface area (Å²) in [6.45, 7) is 4.81. The van der Waals surface area contributed by atoms with Crippen molar-refractivity contribution in [2.45, 2.75) is 13.5 Å². The SMILES string of the molecule is Cc1csc(NC(=O)CN2CCNCc3ccccc32)n1.Cl. The molecule has 0 saturated heterocycles. The van der Waals surface area contributed by atoms with E-state index in [4.69, 9.17) is 0 Å². The maximum atomic E-state index is 12.2. The monoisotopic (exact) mass is 338 g/mol. The number of rotatable bonds is 3. The Morgan fingerprint density at radius 2 is 2.27 bits per heavy atom. The molecule has 0 spiro atoms. The van der Waals surface area contributed by atoms with E-state index in [-0.39, 0.29) is 18.3 Å². The summed E-state index contributed by atoms with van der Waals surface area (Å²) in [6, 6.07) is 8.22. The molecule has 0 bridgehead atoms. The van der Waals surface area contributed by atoms with Gasteiger partial charge in [-0.05, 0) is 18.6 Å². The van der Waals surface area contributed by atoms with E-state index in [0.29, 0.717) is 11.7 Å². The summed E-state index contributed by atoms with van der Waals surface area (Å²) in [5.74, 6) is -0.0268. The maximum absolute atomic E-state index is 12.2. The fraction of sp³-hybridized carbons (Fsp3) is 0.333. The molecule has 1 aromatic carbocycles. The van der Waals surface area contributed by atoms with E-state index in [1.54, 1.807) is 0 Å². The van der Waals surface area contributed by atoms with Crippen LogP contribution in [0.2, 0.25) is 0 Å². The zero-order valence-corrected chi connectivity index (χ0v) is 14.0. The molecule has 1 amide bonds. The number of halogens is 1. The topological polar surface area (TPSA) is 57.3 Å². The zero-order valence-electron chi connectivity index (χ0n) is 12.3. The molecule has 2 heterocycles. The van der Waals surface area contributed by atoms with Crippen molar-refractivity contribution in [3.05, 3.63) is 40.9 Å². The van der Waals surface area contributed by atoms with Crippen LogP contribution in [0.5, 0.6) is 0 Å². The van der Waals surface area contributed by atoms with Gasteiger partial charge in [0, 0.05) is 30.7 Å². The standard InChI is InChI=1S/C15H18N4OS.ClH/c1-11-10-21-15(17-11)18-14(20)9-19-7-6-16-8-12-4-2-3-5-13(12)19;/h2-5,10,16H,6-9H2,1H3,(H,17,18,20);1H. The average molecular weight is 339 g/mol. The summed E-state index contributed by atoms with van der Waals surface area (Å²) in [5, 5.41) is 8.84. The third-order valence-electron chi connectivity index (χ3n) is 3.41. The number of para-hydroxylation sites is 1. The molecule has 3 rings (SSSR count). The van der Waals surface area contributed by atoms with E-state index >= 15 is 0 Å². The number of benzene rings is 1. The highest BCUT2D eigenvalue weighted by Crippen LogP contribution is 2.22. The number of carbonyl (C=O) groups is 1. The zero-order chi connectivity index (χ0) is 14.7. The number of nitrogens with one attached hydrogen (secondary N) is 2. The Balaban J connectivity index is 0.00000176. The predicted octanol–water partition coefficient (Wildman–Crippen LogP) is 2.42. The number of aryl methyl sites for hydroxylation is 1. The lowest BCUT2D eigenvalue weighted by Gasteiger charge is -2.23. The molecule has 2 N–H and O–H groups in total. The van der Waals surface area contributed by atoms with Crippen LogP contribution in [0.25, 0.3) is 0 Å². The molecule has 1 aliphatic rings. The van der Waals surface area contributed by atoms with E-state index in [0.717, 1.165) is 31.0 Å². The van der Waals surface area contributed by atoms with Crippen LogP contribution in [0.4, 0.5) is 10.8 Å². The second kappa shape index (κ2) is 7.58. The first-order valence-corrected chi connectivity index (χ1v) is 7.86. The van der Waals surface area contributed by atoms with Crippen LogP contribution in [-0.2, 0) is 11.3 Å². The third-order valence-corrected chi connectivity index (χ3v) is 4.28. The van der Waals surface area contributed by atoms with Gasteiger partial charge in [-0.15, -0.1) is 23.7 Å². The molecular weight excluding hydrogens is 320 g/mol. The molecule has 0 saturated carbocycles. The van der Waals surface area contributed by atoms with Gasteiger partial charge in [-0.2, -0.15) is 0 Å². The van der Waals surface area contributed by atoms with Crippen molar-refractivity contribution >= 4 is 40.5 Å². The number of anilines is 2. The van der Waals surface area contributed by atoms with Gasteiger partial charge in [0.2, 0.25) is 5.91 Å². The third kappa shape index (κ3) is 3.97. The summed E-state index contributed by atoms with van der Waals surface area (Å²) in [6.07, 6.45) is 0. The molecule has 7 heteroatoms. The Bertz CT molecular complexity index is 646. The van der Waals surface area contributed by atoms with Crippen molar-refractivity contribution in [1.82, 2.24) is 10.3 Å². The van der Waals surface area contributed by atoms with Crippen LogP contribution in [0.3, 0.4) is 0 Å². The smallest absolute Gasteiger partial charge is 0.245 e. The Kier molecular flexibility index (Phi) is 5.76. The van der Waals surface area contributed by atoms with Crippen LogP contribution >= 0.6 is 23.7 Å². The van der Waals surface area contributed by atoms with Gasteiger partial charge in [-0.1, -0.05) is 18.2 Å². The number of nitrogens with zero attached hydrogens (tertiary/aromatic N) is 2. The molecule has 1 aromatic heterocycles. The highest BCUT2D eigenvalue weighted by molar-refractivity contribution is 7.13. The molecule has 0 fully saturated rings. The lowest BCUT2D eigenvalue weighted by molar-refractivity contribution is -0.115. The van der Waals surface area contributed by atoms with Gasteiger partial charge >= 0.3 is 0 Å². The summed E-state index contributed by atoms with van der Waals surface area (Å²) < 4.78 is 0. The Labute approximate surface area is 140 Å². The molecule has 1 aliphatic heterocycles. The first-order valence-electron chi connectivity index (χ1n) is 6.98. The van der Waals surface area contributed by atoms with Gasteiger partial charge in [0.05, 0.1) is 12.2 Å². The van der Waals surface area contributed by atoms with E-state index in [1.807, 2.05) is 24.4 Å². The van der Waals surface area contributed by atoms with Crippen LogP contribution in [-0.4, -0.2) is 30.5 Å². The average Bonchev–Trinajstić information content (AvgIpc) is 2.77. The van der Waals surface area contributed by atoms with Crippen molar-refractivity contribution in [3.63, 3.8) is 0 Å². The van der Waals surface area contributed by atoms with E-state index < -0.39 is 0 Å². The number of amides is 1. The first-order chi connectivity index (χ1) is 10.2. The number of thiazole rings is 1. The summed E-state index contributed by atoms with van der Waals surface area (Å²) in [4.78, 5) is 18.6. The van der Waals surface area contributed by atoms with Crippen molar-refractivity contribution in [1.29, 1.82) is 0 Å². The molecular formula is C15H19ClN4OS. The number of fused-ring (bicyclic) bond motifs is 1. The van der Waals surface area contributed by atoms with Crippen LogP contribution in [0.15, 0.2) is 29.6 Å². The summed E-state index contributed by atoms with van der Waals surface area (Å²) in [5.41, 5.74) is 3.29. The van der Waals surface area contributed by atoms with Crippen molar-refractivity contribution in [2.24, 2.45) is 0 Å².